The van der Waals surface area contributed by atoms with Crippen LogP contribution in [0.3, 0.4) is 0 Å². The molecule has 4 nitrogen and oxygen atoms in total. The van der Waals surface area contributed by atoms with Gasteiger partial charge in [-0.3, -0.25) is 4.98 Å². The molecule has 5 rings (SSSR count). The Hall–Kier alpha value is -3.44. The van der Waals surface area contributed by atoms with Gasteiger partial charge < -0.3 is 14.8 Å². The maximum Gasteiger partial charge on any atom is 0.174 e. The van der Waals surface area contributed by atoms with Crippen LogP contribution in [-0.2, 0) is 12.8 Å². The van der Waals surface area contributed by atoms with Gasteiger partial charge in [0.2, 0.25) is 0 Å². The topological polar surface area (TPSA) is 33.1 Å². The predicted octanol–water partition coefficient (Wildman–Crippen LogP) is 7.10. The summed E-state index contributed by atoms with van der Waals surface area (Å²) < 4.78 is 2.43. The highest BCUT2D eigenvalue weighted by atomic mass is 32.1. The molecule has 1 aliphatic heterocycles. The van der Waals surface area contributed by atoms with Crippen LogP contribution in [0.1, 0.15) is 65.3 Å². The van der Waals surface area contributed by atoms with Gasteiger partial charge in [0.1, 0.15) is 0 Å². The number of aromatic nitrogens is 2. The van der Waals surface area contributed by atoms with Crippen molar-refractivity contribution in [2.45, 2.75) is 59.5 Å². The average Bonchev–Trinajstić information content (AvgIpc) is 3.39. The standard InChI is InChI=1S/C31H34N4S/c1-6-23-14-16-25(17-15-23)35-30(28(33-31(35)36)27-13-8-9-18-32-27)26-19-21(4)34(22(26)5)29-20(3)11-10-12-24(29)7-2/h8-19,28,30H,6-7H2,1-5H3,(H,33,36). The zero-order chi connectivity index (χ0) is 25.4. The summed E-state index contributed by atoms with van der Waals surface area (Å²) in [6.07, 6.45) is 3.87. The minimum atomic E-state index is -0.0546. The Morgan fingerprint density at radius 1 is 0.917 bits per heavy atom. The molecule has 0 saturated carbocycles. The van der Waals surface area contributed by atoms with Crippen LogP contribution in [0.5, 0.6) is 0 Å². The molecule has 2 unspecified atom stereocenters. The molecular formula is C31H34N4S. The SMILES string of the molecule is CCc1ccc(N2C(=S)NC(c3ccccn3)C2c2cc(C)n(-c3c(C)cccc3CC)c2C)cc1. The molecule has 0 spiro atoms. The van der Waals surface area contributed by atoms with Gasteiger partial charge in [0, 0.05) is 23.3 Å². The molecule has 184 valence electrons. The third-order valence-corrected chi connectivity index (χ3v) is 7.75. The van der Waals surface area contributed by atoms with Crippen molar-refractivity contribution in [2.24, 2.45) is 0 Å². The summed E-state index contributed by atoms with van der Waals surface area (Å²) in [6, 6.07) is 23.8. The van der Waals surface area contributed by atoms with Crippen molar-refractivity contribution in [1.82, 2.24) is 14.9 Å². The Bertz CT molecular complexity index is 1390. The second-order valence-corrected chi connectivity index (χ2v) is 10.0. The van der Waals surface area contributed by atoms with Crippen LogP contribution in [0.4, 0.5) is 5.69 Å². The summed E-state index contributed by atoms with van der Waals surface area (Å²) >= 11 is 5.95. The van der Waals surface area contributed by atoms with Crippen LogP contribution in [0.25, 0.3) is 5.69 Å². The molecule has 4 aromatic rings. The van der Waals surface area contributed by atoms with Crippen LogP contribution in [0, 0.1) is 20.8 Å². The predicted molar refractivity (Wildman–Crippen MR) is 153 cm³/mol. The molecule has 2 aromatic carbocycles. The lowest BCUT2D eigenvalue weighted by Gasteiger charge is -2.28. The number of aryl methyl sites for hydroxylation is 4. The first kappa shape index (κ1) is 24.3. The summed E-state index contributed by atoms with van der Waals surface area (Å²) in [5, 5.41) is 4.34. The fraction of sp³-hybridized carbons (Fsp3) is 0.290. The number of hydrogen-bond donors (Lipinski definition) is 1. The molecule has 0 bridgehead atoms. The van der Waals surface area contributed by atoms with Gasteiger partial charge in [-0.2, -0.15) is 0 Å². The van der Waals surface area contributed by atoms with Crippen molar-refractivity contribution in [3.63, 3.8) is 0 Å². The van der Waals surface area contributed by atoms with Gasteiger partial charge in [0.05, 0.1) is 23.5 Å². The molecule has 5 heteroatoms. The number of nitrogens with one attached hydrogen (secondary N) is 1. The summed E-state index contributed by atoms with van der Waals surface area (Å²) in [4.78, 5) is 7.01. The van der Waals surface area contributed by atoms with Crippen molar-refractivity contribution in [3.8, 4) is 5.69 Å². The summed E-state index contributed by atoms with van der Waals surface area (Å²) in [7, 11) is 0. The maximum atomic E-state index is 5.95. The Balaban J connectivity index is 1.70. The number of nitrogens with zero attached hydrogens (tertiary/aromatic N) is 3. The second kappa shape index (κ2) is 9.90. The smallest absolute Gasteiger partial charge is 0.174 e. The minimum absolute atomic E-state index is 0.0195. The number of pyridine rings is 1. The number of anilines is 1. The number of rotatable bonds is 6. The quantitative estimate of drug-likeness (QED) is 0.290. The third kappa shape index (κ3) is 4.11. The fourth-order valence-electron chi connectivity index (χ4n) is 5.60. The van der Waals surface area contributed by atoms with Gasteiger partial charge in [-0.1, -0.05) is 50.2 Å². The van der Waals surface area contributed by atoms with Crippen molar-refractivity contribution in [3.05, 3.63) is 112 Å². The molecule has 1 N–H and O–H groups in total. The van der Waals surface area contributed by atoms with E-state index in [-0.39, 0.29) is 12.1 Å². The summed E-state index contributed by atoms with van der Waals surface area (Å²) in [6.45, 7) is 11.1. The number of thiocarbonyl (C=S) groups is 1. The van der Waals surface area contributed by atoms with E-state index in [1.165, 1.54) is 39.3 Å². The van der Waals surface area contributed by atoms with Crippen molar-refractivity contribution in [1.29, 1.82) is 0 Å². The summed E-state index contributed by atoms with van der Waals surface area (Å²) in [5.74, 6) is 0. The Morgan fingerprint density at radius 2 is 1.69 bits per heavy atom. The van der Waals surface area contributed by atoms with E-state index in [1.54, 1.807) is 0 Å². The normalized spacial score (nSPS) is 17.5. The second-order valence-electron chi connectivity index (χ2n) is 9.61. The van der Waals surface area contributed by atoms with Crippen molar-refractivity contribution < 1.29 is 0 Å². The lowest BCUT2D eigenvalue weighted by atomic mass is 9.96. The number of para-hydroxylation sites is 1. The first-order valence-electron chi connectivity index (χ1n) is 12.8. The highest BCUT2D eigenvalue weighted by Gasteiger charge is 2.42. The van der Waals surface area contributed by atoms with Crippen molar-refractivity contribution in [2.75, 3.05) is 4.90 Å². The van der Waals surface area contributed by atoms with Crippen LogP contribution in [-0.4, -0.2) is 14.7 Å². The van der Waals surface area contributed by atoms with E-state index >= 15 is 0 Å². The van der Waals surface area contributed by atoms with Gasteiger partial charge in [-0.05, 0) is 98.4 Å². The van der Waals surface area contributed by atoms with E-state index in [4.69, 9.17) is 17.2 Å². The molecule has 36 heavy (non-hydrogen) atoms. The molecule has 0 radical (unpaired) electrons. The maximum absolute atomic E-state index is 5.95. The molecule has 2 aromatic heterocycles. The molecule has 1 fully saturated rings. The fourth-order valence-corrected chi connectivity index (χ4v) is 5.94. The van der Waals surface area contributed by atoms with Gasteiger partial charge in [-0.25, -0.2) is 0 Å². The van der Waals surface area contributed by atoms with Gasteiger partial charge >= 0.3 is 0 Å². The Kier molecular flexibility index (Phi) is 6.67. The van der Waals surface area contributed by atoms with E-state index in [2.05, 4.69) is 104 Å². The minimum Gasteiger partial charge on any atom is -0.351 e. The first-order valence-corrected chi connectivity index (χ1v) is 13.2. The largest absolute Gasteiger partial charge is 0.351 e. The first-order chi connectivity index (χ1) is 17.4. The average molecular weight is 495 g/mol. The lowest BCUT2D eigenvalue weighted by molar-refractivity contribution is 0.565. The Morgan fingerprint density at radius 3 is 2.36 bits per heavy atom. The highest BCUT2D eigenvalue weighted by Crippen LogP contribution is 2.44. The van der Waals surface area contributed by atoms with E-state index in [0.717, 1.165) is 29.3 Å². The zero-order valence-corrected chi connectivity index (χ0v) is 22.6. The summed E-state index contributed by atoms with van der Waals surface area (Å²) in [5.41, 5.74) is 11.1. The van der Waals surface area contributed by atoms with Crippen LogP contribution in [0.15, 0.2) is 72.9 Å². The molecule has 2 atom stereocenters. The monoisotopic (exact) mass is 494 g/mol. The molecule has 0 aliphatic carbocycles. The van der Waals surface area contributed by atoms with Gasteiger partial charge in [0.15, 0.2) is 5.11 Å². The van der Waals surface area contributed by atoms with Crippen LogP contribution in [0.2, 0.25) is 0 Å². The van der Waals surface area contributed by atoms with Crippen LogP contribution >= 0.6 is 12.2 Å². The van der Waals surface area contributed by atoms with Crippen LogP contribution < -0.4 is 10.2 Å². The van der Waals surface area contributed by atoms with E-state index < -0.39 is 0 Å². The third-order valence-electron chi connectivity index (χ3n) is 7.44. The van der Waals surface area contributed by atoms with Crippen molar-refractivity contribution >= 4 is 23.0 Å². The lowest BCUT2D eigenvalue weighted by Crippen LogP contribution is -2.29. The van der Waals surface area contributed by atoms with E-state index in [0.29, 0.717) is 0 Å². The van der Waals surface area contributed by atoms with E-state index in [9.17, 15) is 0 Å². The Labute approximate surface area is 220 Å². The highest BCUT2D eigenvalue weighted by molar-refractivity contribution is 7.80. The van der Waals surface area contributed by atoms with E-state index in [1.807, 2.05) is 18.3 Å². The molecule has 0 amide bonds. The molecule has 1 saturated heterocycles. The molecular weight excluding hydrogens is 460 g/mol. The van der Waals surface area contributed by atoms with Gasteiger partial charge in [0.25, 0.3) is 0 Å². The van der Waals surface area contributed by atoms with Gasteiger partial charge in [-0.15, -0.1) is 0 Å². The number of hydrogen-bond acceptors (Lipinski definition) is 2. The molecule has 1 aliphatic rings. The molecule has 3 heterocycles. The number of benzene rings is 2. The zero-order valence-electron chi connectivity index (χ0n) is 21.7.